The quantitative estimate of drug-likeness (QED) is 0.597. The van der Waals surface area contributed by atoms with Crippen LogP contribution < -0.4 is 9.64 Å². The molecule has 0 spiro atoms. The second-order valence-electron chi connectivity index (χ2n) is 9.10. The third-order valence-corrected chi connectivity index (χ3v) is 6.94. The summed E-state index contributed by atoms with van der Waals surface area (Å²) in [5, 5.41) is 10.5. The summed E-state index contributed by atoms with van der Waals surface area (Å²) in [6.07, 6.45) is 2.18. The number of piperazine rings is 1. The average Bonchev–Trinajstić information content (AvgIpc) is 3.20. The van der Waals surface area contributed by atoms with Crippen molar-refractivity contribution < 1.29 is 13.9 Å². The Balaban J connectivity index is 1.72. The van der Waals surface area contributed by atoms with Crippen LogP contribution in [0.1, 0.15) is 32.3 Å². The van der Waals surface area contributed by atoms with Crippen LogP contribution in [-0.2, 0) is 4.79 Å². The molecule has 1 aromatic carbocycles. The fourth-order valence-corrected chi connectivity index (χ4v) is 5.10. The third kappa shape index (κ3) is 4.65. The number of anilines is 1. The molecule has 2 aliphatic heterocycles. The first kappa shape index (κ1) is 24.2. The van der Waals surface area contributed by atoms with Crippen LogP contribution in [0, 0.1) is 11.3 Å². The van der Waals surface area contributed by atoms with Crippen LogP contribution in [0.15, 0.2) is 24.5 Å². The lowest BCUT2D eigenvalue weighted by Crippen LogP contribution is -2.58. The third-order valence-electron chi connectivity index (χ3n) is 6.62. The SMILES string of the molecule is C=C(F)C(=O)N1C[C@@H](C)N(c2nc(OC[C@@H]3CCCN3C)nc3cc(Cl)c(C#N)cc23)[C@@H](C)C1. The molecule has 0 N–H and O–H groups in total. The number of ether oxygens (including phenoxy) is 1. The predicted molar refractivity (Wildman–Crippen MR) is 129 cm³/mol. The molecule has 2 saturated heterocycles. The minimum absolute atomic E-state index is 0.180. The maximum atomic E-state index is 13.5. The first-order valence-electron chi connectivity index (χ1n) is 11.4. The van der Waals surface area contributed by atoms with Crippen LogP contribution in [0.4, 0.5) is 10.2 Å². The zero-order valence-electron chi connectivity index (χ0n) is 19.6. The predicted octanol–water partition coefficient (Wildman–Crippen LogP) is 3.54. The van der Waals surface area contributed by atoms with Crippen LogP contribution in [0.5, 0.6) is 6.01 Å². The van der Waals surface area contributed by atoms with E-state index in [0.717, 1.165) is 19.4 Å². The van der Waals surface area contributed by atoms with E-state index in [1.165, 1.54) is 4.90 Å². The highest BCUT2D eigenvalue weighted by atomic mass is 35.5. The smallest absolute Gasteiger partial charge is 0.319 e. The van der Waals surface area contributed by atoms with Crippen molar-refractivity contribution in [2.75, 3.05) is 38.2 Å². The van der Waals surface area contributed by atoms with E-state index in [9.17, 15) is 14.4 Å². The number of aromatic nitrogens is 2. The molecule has 4 rings (SSSR count). The number of hydrogen-bond donors (Lipinski definition) is 0. The van der Waals surface area contributed by atoms with Gasteiger partial charge in [0.25, 0.3) is 5.91 Å². The molecule has 8 nitrogen and oxygen atoms in total. The normalized spacial score (nSPS) is 23.2. The maximum absolute atomic E-state index is 13.5. The number of likely N-dealkylation sites (N-methyl/N-ethyl adjacent to an activating group) is 1. The van der Waals surface area contributed by atoms with Gasteiger partial charge in [-0.15, -0.1) is 0 Å². The number of halogens is 2. The number of nitriles is 1. The zero-order valence-corrected chi connectivity index (χ0v) is 20.3. The van der Waals surface area contributed by atoms with Crippen LogP contribution in [-0.4, -0.2) is 77.1 Å². The van der Waals surface area contributed by atoms with Crippen molar-refractivity contribution in [3.05, 3.63) is 35.1 Å². The van der Waals surface area contributed by atoms with E-state index in [2.05, 4.69) is 34.5 Å². The number of carbonyl (C=O) groups excluding carboxylic acids is 1. The number of likely N-dealkylation sites (tertiary alicyclic amines) is 1. The monoisotopic (exact) mass is 486 g/mol. The van der Waals surface area contributed by atoms with Gasteiger partial charge in [0.05, 0.1) is 16.1 Å². The molecule has 0 bridgehead atoms. The van der Waals surface area contributed by atoms with Crippen LogP contribution in [0.2, 0.25) is 5.02 Å². The largest absolute Gasteiger partial charge is 0.462 e. The van der Waals surface area contributed by atoms with Gasteiger partial charge in [-0.3, -0.25) is 4.79 Å². The number of hydrogen-bond acceptors (Lipinski definition) is 7. The van der Waals surface area contributed by atoms with Crippen LogP contribution >= 0.6 is 11.6 Å². The average molecular weight is 487 g/mol. The summed E-state index contributed by atoms with van der Waals surface area (Å²) < 4.78 is 19.5. The van der Waals surface area contributed by atoms with E-state index in [-0.39, 0.29) is 18.1 Å². The lowest BCUT2D eigenvalue weighted by molar-refractivity contribution is -0.129. The van der Waals surface area contributed by atoms with Gasteiger partial charge in [-0.25, -0.2) is 4.39 Å². The maximum Gasteiger partial charge on any atom is 0.319 e. The highest BCUT2D eigenvalue weighted by molar-refractivity contribution is 6.32. The molecule has 0 aliphatic carbocycles. The lowest BCUT2D eigenvalue weighted by Gasteiger charge is -2.45. The molecule has 3 atom stereocenters. The Morgan fingerprint density at radius 1 is 1.32 bits per heavy atom. The number of nitrogens with zero attached hydrogens (tertiary/aromatic N) is 6. The van der Waals surface area contributed by atoms with Gasteiger partial charge in [0.15, 0.2) is 5.83 Å². The highest BCUT2D eigenvalue weighted by Gasteiger charge is 2.35. The van der Waals surface area contributed by atoms with E-state index in [1.807, 2.05) is 13.8 Å². The second kappa shape index (κ2) is 9.72. The minimum Gasteiger partial charge on any atom is -0.462 e. The summed E-state index contributed by atoms with van der Waals surface area (Å²) >= 11 is 6.30. The summed E-state index contributed by atoms with van der Waals surface area (Å²) in [5.74, 6) is -1.07. The Bertz CT molecular complexity index is 1160. The molecule has 3 heterocycles. The van der Waals surface area contributed by atoms with Gasteiger partial charge < -0.3 is 19.4 Å². The topological polar surface area (TPSA) is 85.6 Å². The number of rotatable bonds is 5. The van der Waals surface area contributed by atoms with Gasteiger partial charge in [0.1, 0.15) is 18.5 Å². The Labute approximate surface area is 203 Å². The summed E-state index contributed by atoms with van der Waals surface area (Å²) in [7, 11) is 2.08. The minimum atomic E-state index is -0.971. The Morgan fingerprint density at radius 3 is 2.62 bits per heavy atom. The first-order valence-corrected chi connectivity index (χ1v) is 11.7. The Hall–Kier alpha value is -2.96. The van der Waals surface area contributed by atoms with E-state index >= 15 is 0 Å². The molecular weight excluding hydrogens is 459 g/mol. The van der Waals surface area contributed by atoms with Gasteiger partial charge >= 0.3 is 6.01 Å². The molecule has 0 saturated carbocycles. The fourth-order valence-electron chi connectivity index (χ4n) is 4.90. The molecule has 0 unspecified atom stereocenters. The Kier molecular flexibility index (Phi) is 6.91. The van der Waals surface area contributed by atoms with Crippen molar-refractivity contribution in [3.63, 3.8) is 0 Å². The second-order valence-corrected chi connectivity index (χ2v) is 9.51. The van der Waals surface area contributed by atoms with Crippen molar-refractivity contribution >= 4 is 34.2 Å². The molecule has 2 aliphatic rings. The molecule has 180 valence electrons. The Morgan fingerprint density at radius 2 is 2.03 bits per heavy atom. The molecule has 34 heavy (non-hydrogen) atoms. The van der Waals surface area contributed by atoms with Crippen molar-refractivity contribution in [2.24, 2.45) is 0 Å². The number of benzene rings is 1. The van der Waals surface area contributed by atoms with E-state index in [1.54, 1.807) is 12.1 Å². The van der Waals surface area contributed by atoms with Crippen molar-refractivity contribution in [1.29, 1.82) is 5.26 Å². The zero-order chi connectivity index (χ0) is 24.6. The number of fused-ring (bicyclic) bond motifs is 1. The van der Waals surface area contributed by atoms with Crippen LogP contribution in [0.25, 0.3) is 10.9 Å². The number of carbonyl (C=O) groups is 1. The van der Waals surface area contributed by atoms with Crippen molar-refractivity contribution in [1.82, 2.24) is 19.8 Å². The van der Waals surface area contributed by atoms with Crippen LogP contribution in [0.3, 0.4) is 0 Å². The first-order chi connectivity index (χ1) is 16.2. The summed E-state index contributed by atoms with van der Waals surface area (Å²) in [4.78, 5) is 27.3. The van der Waals surface area contributed by atoms with E-state index in [4.69, 9.17) is 21.3 Å². The molecule has 10 heteroatoms. The summed E-state index contributed by atoms with van der Waals surface area (Å²) in [6, 6.07) is 5.62. The standard InChI is InChI=1S/C24H28ClFN6O2/c1-14-11-31(23(33)16(3)26)12-15(2)32(14)22-19-8-17(10-27)20(25)9-21(19)28-24(29-22)34-13-18-6-5-7-30(18)4/h8-9,14-15,18H,3,5-7,11-13H2,1-2,4H3/t14-,15+,18-/m0/s1. The molecule has 1 amide bonds. The molecule has 2 aromatic rings. The molecular formula is C24H28ClFN6O2. The van der Waals surface area contributed by atoms with E-state index < -0.39 is 11.7 Å². The van der Waals surface area contributed by atoms with Crippen molar-refractivity contribution in [2.45, 2.75) is 44.8 Å². The lowest BCUT2D eigenvalue weighted by atomic mass is 10.1. The fraction of sp³-hybridized carbons (Fsp3) is 0.500. The van der Waals surface area contributed by atoms with Gasteiger partial charge in [0, 0.05) is 36.6 Å². The molecule has 1 aromatic heterocycles. The van der Waals surface area contributed by atoms with Gasteiger partial charge in [0.2, 0.25) is 0 Å². The number of amides is 1. The molecule has 2 fully saturated rings. The molecule has 0 radical (unpaired) electrons. The van der Waals surface area contributed by atoms with Crippen molar-refractivity contribution in [3.8, 4) is 12.1 Å². The van der Waals surface area contributed by atoms with Gasteiger partial charge in [-0.2, -0.15) is 15.2 Å². The van der Waals surface area contributed by atoms with Gasteiger partial charge in [-0.05, 0) is 52.4 Å². The summed E-state index contributed by atoms with van der Waals surface area (Å²) in [5.41, 5.74) is 0.891. The van der Waals surface area contributed by atoms with E-state index in [0.29, 0.717) is 53.0 Å². The highest BCUT2D eigenvalue weighted by Crippen LogP contribution is 2.34. The van der Waals surface area contributed by atoms with Gasteiger partial charge in [-0.1, -0.05) is 18.2 Å². The summed E-state index contributed by atoms with van der Waals surface area (Å²) in [6.45, 7) is 9.14.